The third-order valence-electron chi connectivity index (χ3n) is 6.50. The second kappa shape index (κ2) is 10.7. The van der Waals surface area contributed by atoms with Crippen LogP contribution in [0.1, 0.15) is 27.2 Å². The highest BCUT2D eigenvalue weighted by Gasteiger charge is 2.45. The Kier molecular flexibility index (Phi) is 8.83. The Morgan fingerprint density at radius 1 is 0.677 bits per heavy atom. The van der Waals surface area contributed by atoms with Crippen LogP contribution in [0.5, 0.6) is 0 Å². The summed E-state index contributed by atoms with van der Waals surface area (Å²) in [6.07, 6.45) is 2.19. The molecule has 0 atom stereocenters. The molecular formula is C28H39OPSi. The molecule has 0 bridgehead atoms. The van der Waals surface area contributed by atoms with E-state index in [0.29, 0.717) is 0 Å². The minimum Gasteiger partial charge on any atom is -0.417 e. The Morgan fingerprint density at radius 3 is 1.35 bits per heavy atom. The largest absolute Gasteiger partial charge is 0.417 e. The minimum absolute atomic E-state index is 0. The maximum absolute atomic E-state index is 6.55. The molecule has 0 aliphatic rings. The minimum atomic E-state index is -1.74. The monoisotopic (exact) mass is 450 g/mol. The lowest BCUT2D eigenvalue weighted by molar-refractivity contribution is 0.289. The molecule has 3 rings (SSSR count). The fraction of sp³-hybridized carbons (Fsp3) is 0.321. The summed E-state index contributed by atoms with van der Waals surface area (Å²) >= 11 is 0. The molecule has 1 nitrogen and oxygen atoms in total. The summed E-state index contributed by atoms with van der Waals surface area (Å²) in [4.78, 5) is 0. The fourth-order valence-corrected chi connectivity index (χ4v) is 9.13. The first-order chi connectivity index (χ1) is 14.3. The van der Waals surface area contributed by atoms with Crippen LogP contribution in [0, 0.1) is 7.43 Å². The topological polar surface area (TPSA) is 9.23 Å². The summed E-state index contributed by atoms with van der Waals surface area (Å²) in [7, 11) is -3.47. The molecule has 0 heterocycles. The fourth-order valence-electron chi connectivity index (χ4n) is 3.73. The Balaban J connectivity index is 0.00000341. The van der Waals surface area contributed by atoms with E-state index >= 15 is 0 Å². The number of hydrogen-bond donors (Lipinski definition) is 0. The first-order valence-electron chi connectivity index (χ1n) is 11.0. The molecule has 0 saturated heterocycles. The zero-order chi connectivity index (χ0) is 21.7. The molecule has 3 aromatic carbocycles. The normalized spacial score (nSPS) is 12.3. The molecule has 0 saturated carbocycles. The van der Waals surface area contributed by atoms with Crippen LogP contribution in [0.4, 0.5) is 0 Å². The average Bonchev–Trinajstić information content (AvgIpc) is 2.75. The zero-order valence-electron chi connectivity index (χ0n) is 20.1. The van der Waals surface area contributed by atoms with Crippen molar-refractivity contribution in [3.05, 3.63) is 98.4 Å². The molecule has 0 spiro atoms. The number of hydrogen-bond acceptors (Lipinski definition) is 1. The summed E-state index contributed by atoms with van der Waals surface area (Å²) in [5, 5.41) is 4.61. The van der Waals surface area contributed by atoms with Crippen molar-refractivity contribution in [3.63, 3.8) is 0 Å². The molecule has 0 aliphatic heterocycles. The van der Waals surface area contributed by atoms with E-state index in [1.807, 2.05) is 0 Å². The van der Waals surface area contributed by atoms with Gasteiger partial charge in [0.2, 0.25) is 0 Å². The van der Waals surface area contributed by atoms with E-state index in [2.05, 4.69) is 125 Å². The first kappa shape index (κ1) is 25.5. The second-order valence-electron chi connectivity index (χ2n) is 9.50. The zero-order valence-corrected chi connectivity index (χ0v) is 22.0. The van der Waals surface area contributed by atoms with Crippen LogP contribution in [-0.2, 0) is 4.43 Å². The van der Waals surface area contributed by atoms with Crippen molar-refractivity contribution in [2.45, 2.75) is 45.3 Å². The van der Waals surface area contributed by atoms with E-state index in [1.165, 1.54) is 15.9 Å². The van der Waals surface area contributed by atoms with Crippen molar-refractivity contribution in [3.8, 4) is 0 Å². The molecule has 0 aromatic heterocycles. The van der Waals surface area contributed by atoms with Gasteiger partial charge in [-0.05, 0) is 54.5 Å². The molecule has 31 heavy (non-hydrogen) atoms. The number of rotatable bonds is 8. The first-order valence-corrected chi connectivity index (χ1v) is 15.8. The lowest BCUT2D eigenvalue weighted by Crippen LogP contribution is -2.41. The summed E-state index contributed by atoms with van der Waals surface area (Å²) < 4.78 is 6.55. The van der Waals surface area contributed by atoms with Gasteiger partial charge in [0, 0.05) is 13.0 Å². The van der Waals surface area contributed by atoms with Crippen molar-refractivity contribution in [1.82, 2.24) is 0 Å². The van der Waals surface area contributed by atoms with Gasteiger partial charge in [0.05, 0.1) is 6.16 Å². The van der Waals surface area contributed by atoms with Gasteiger partial charge in [-0.3, -0.25) is 0 Å². The molecule has 3 aromatic rings. The van der Waals surface area contributed by atoms with Crippen LogP contribution in [0.15, 0.2) is 91.0 Å². The highest BCUT2D eigenvalue weighted by atomic mass is 31.2. The Hall–Kier alpha value is -1.73. The number of benzene rings is 3. The van der Waals surface area contributed by atoms with Crippen LogP contribution in [0.2, 0.25) is 18.1 Å². The van der Waals surface area contributed by atoms with Crippen molar-refractivity contribution in [2.75, 3.05) is 12.8 Å². The van der Waals surface area contributed by atoms with Crippen LogP contribution >= 0.6 is 7.26 Å². The maximum Gasteiger partial charge on any atom is 0.191 e. The third kappa shape index (κ3) is 5.74. The molecule has 0 aliphatic carbocycles. The molecular weight excluding hydrogens is 411 g/mol. The van der Waals surface area contributed by atoms with Gasteiger partial charge in [-0.2, -0.15) is 0 Å². The van der Waals surface area contributed by atoms with Crippen LogP contribution in [0.3, 0.4) is 0 Å². The van der Waals surface area contributed by atoms with E-state index in [4.69, 9.17) is 4.43 Å². The SMILES string of the molecule is CC(C)(C)[Si](C)(C)OCCC[P+](c1ccccc1)(c1ccccc1)c1ccccc1.[CH3-]. The van der Waals surface area contributed by atoms with Crippen molar-refractivity contribution in [1.29, 1.82) is 0 Å². The van der Waals surface area contributed by atoms with Gasteiger partial charge >= 0.3 is 0 Å². The maximum atomic E-state index is 6.55. The van der Waals surface area contributed by atoms with Gasteiger partial charge in [0.25, 0.3) is 0 Å². The molecule has 166 valence electrons. The lowest BCUT2D eigenvalue weighted by atomic mass is 10.2. The average molecular weight is 451 g/mol. The Morgan fingerprint density at radius 2 is 1.03 bits per heavy atom. The van der Waals surface area contributed by atoms with Crippen LogP contribution in [-0.4, -0.2) is 21.1 Å². The predicted octanol–water partition coefficient (Wildman–Crippen LogP) is 6.84. The summed E-state index contributed by atoms with van der Waals surface area (Å²) in [5.41, 5.74) is 0. The van der Waals surface area contributed by atoms with E-state index < -0.39 is 15.6 Å². The van der Waals surface area contributed by atoms with E-state index in [1.54, 1.807) is 0 Å². The predicted molar refractivity (Wildman–Crippen MR) is 144 cm³/mol. The lowest BCUT2D eigenvalue weighted by Gasteiger charge is -2.36. The van der Waals surface area contributed by atoms with Crippen molar-refractivity contribution in [2.24, 2.45) is 0 Å². The van der Waals surface area contributed by atoms with E-state index in [0.717, 1.165) is 19.2 Å². The quantitative estimate of drug-likeness (QED) is 0.158. The molecule has 3 heteroatoms. The second-order valence-corrected chi connectivity index (χ2v) is 17.9. The Bertz CT molecular complexity index is 805. The van der Waals surface area contributed by atoms with Crippen LogP contribution < -0.4 is 15.9 Å². The molecule has 0 N–H and O–H groups in total. The van der Waals surface area contributed by atoms with Gasteiger partial charge in [-0.1, -0.05) is 75.4 Å². The molecule has 0 radical (unpaired) electrons. The van der Waals surface area contributed by atoms with Gasteiger partial charge in [0.1, 0.15) is 23.2 Å². The third-order valence-corrected chi connectivity index (χ3v) is 15.6. The highest BCUT2D eigenvalue weighted by molar-refractivity contribution is 7.95. The smallest absolute Gasteiger partial charge is 0.191 e. The standard InChI is InChI=1S/C27H36OPSi.CH3/c1-27(2,3)30(4,5)28-22-15-23-29(24-16-9-6-10-17-24,25-18-11-7-12-19-25)26-20-13-8-14-21-26;/h6-14,16-21H,15,22-23H2,1-5H3;1H3/q+1;-1. The molecule has 0 amide bonds. The van der Waals surface area contributed by atoms with Crippen LogP contribution in [0.25, 0.3) is 0 Å². The van der Waals surface area contributed by atoms with Gasteiger partial charge < -0.3 is 11.9 Å². The summed E-state index contributed by atoms with van der Waals surface area (Å²) in [6, 6.07) is 33.4. The van der Waals surface area contributed by atoms with Gasteiger partial charge in [-0.25, -0.2) is 0 Å². The summed E-state index contributed by atoms with van der Waals surface area (Å²) in [5.74, 6) is 0. The molecule has 0 unspecified atom stereocenters. The van der Waals surface area contributed by atoms with Gasteiger partial charge in [0.15, 0.2) is 8.32 Å². The Labute approximate surface area is 192 Å². The van der Waals surface area contributed by atoms with Gasteiger partial charge in [-0.15, -0.1) is 0 Å². The van der Waals surface area contributed by atoms with E-state index in [9.17, 15) is 0 Å². The molecule has 0 fully saturated rings. The van der Waals surface area contributed by atoms with E-state index in [-0.39, 0.29) is 12.5 Å². The van der Waals surface area contributed by atoms with Crippen molar-refractivity contribution < 1.29 is 4.43 Å². The highest BCUT2D eigenvalue weighted by Crippen LogP contribution is 2.55. The van der Waals surface area contributed by atoms with Crippen molar-refractivity contribution >= 4 is 31.5 Å². The summed E-state index contributed by atoms with van der Waals surface area (Å²) in [6.45, 7) is 12.5.